The first-order chi connectivity index (χ1) is 9.36. The van der Waals surface area contributed by atoms with Gasteiger partial charge >= 0.3 is 0 Å². The third kappa shape index (κ3) is 3.35. The van der Waals surface area contributed by atoms with Crippen molar-refractivity contribution in [1.82, 2.24) is 0 Å². The number of pyridine rings is 1. The molecular formula is C16H18N2O2. The van der Waals surface area contributed by atoms with Gasteiger partial charge in [0.05, 0.1) is 0 Å². The first-order valence-corrected chi connectivity index (χ1v) is 6.47. The predicted molar refractivity (Wildman–Crippen MR) is 78.5 cm³/mol. The maximum atomic E-state index is 12.0. The summed E-state index contributed by atoms with van der Waals surface area (Å²) < 4.78 is 0.609. The fraction of sp³-hybridized carbons (Fsp3) is 0.250. The molecule has 1 N–H and O–H groups in total. The van der Waals surface area contributed by atoms with E-state index in [1.165, 1.54) is 18.0 Å². The zero-order valence-electron chi connectivity index (χ0n) is 11.9. The molecule has 0 aliphatic heterocycles. The van der Waals surface area contributed by atoms with Gasteiger partial charge in [-0.05, 0) is 29.2 Å². The molecule has 2 rings (SSSR count). The van der Waals surface area contributed by atoms with Crippen molar-refractivity contribution in [2.45, 2.75) is 26.2 Å². The molecule has 0 saturated heterocycles. The fourth-order valence-electron chi connectivity index (χ4n) is 1.85. The molecule has 2 aromatic rings. The molecule has 4 heteroatoms. The molecular weight excluding hydrogens is 252 g/mol. The van der Waals surface area contributed by atoms with Crippen LogP contribution in [0.4, 0.5) is 5.69 Å². The van der Waals surface area contributed by atoms with E-state index < -0.39 is 0 Å². The molecule has 0 saturated carbocycles. The van der Waals surface area contributed by atoms with Crippen LogP contribution < -0.4 is 10.0 Å². The van der Waals surface area contributed by atoms with E-state index in [-0.39, 0.29) is 11.3 Å². The second-order valence-electron chi connectivity index (χ2n) is 5.73. The predicted octanol–water partition coefficient (Wildman–Crippen LogP) is 2.87. The number of hydrogen-bond acceptors (Lipinski definition) is 2. The minimum atomic E-state index is -0.293. The second kappa shape index (κ2) is 5.33. The SMILES string of the molecule is CC(C)(C)c1ccc(NC(=O)c2ccc[n+]([O-])c2)cc1. The average molecular weight is 270 g/mol. The number of hydrogen-bond donors (Lipinski definition) is 1. The van der Waals surface area contributed by atoms with Gasteiger partial charge in [-0.1, -0.05) is 32.9 Å². The van der Waals surface area contributed by atoms with E-state index in [1.54, 1.807) is 12.1 Å². The molecule has 0 aliphatic carbocycles. The van der Waals surface area contributed by atoms with Crippen LogP contribution in [0.15, 0.2) is 48.8 Å². The lowest BCUT2D eigenvalue weighted by Gasteiger charge is -2.19. The molecule has 104 valence electrons. The Morgan fingerprint density at radius 2 is 1.80 bits per heavy atom. The van der Waals surface area contributed by atoms with Gasteiger partial charge in [0, 0.05) is 11.8 Å². The Bertz CT molecular complexity index is 613. The summed E-state index contributed by atoms with van der Waals surface area (Å²) in [6.45, 7) is 6.41. The van der Waals surface area contributed by atoms with Gasteiger partial charge in [-0.15, -0.1) is 0 Å². The monoisotopic (exact) mass is 270 g/mol. The van der Waals surface area contributed by atoms with Gasteiger partial charge in [-0.2, -0.15) is 4.73 Å². The molecule has 0 unspecified atom stereocenters. The minimum absolute atomic E-state index is 0.0794. The van der Waals surface area contributed by atoms with E-state index >= 15 is 0 Å². The molecule has 1 aromatic heterocycles. The van der Waals surface area contributed by atoms with Gasteiger partial charge in [0.1, 0.15) is 5.56 Å². The van der Waals surface area contributed by atoms with E-state index in [1.807, 2.05) is 24.3 Å². The zero-order chi connectivity index (χ0) is 14.8. The molecule has 1 amide bonds. The average Bonchev–Trinajstić information content (AvgIpc) is 2.38. The summed E-state index contributed by atoms with van der Waals surface area (Å²) in [6.07, 6.45) is 2.59. The fourth-order valence-corrected chi connectivity index (χ4v) is 1.85. The van der Waals surface area contributed by atoms with Crippen molar-refractivity contribution in [3.63, 3.8) is 0 Å². The summed E-state index contributed by atoms with van der Waals surface area (Å²) in [5.41, 5.74) is 2.33. The maximum Gasteiger partial charge on any atom is 0.261 e. The standard InChI is InChI=1S/C16H18N2O2/c1-16(2,3)13-6-8-14(9-7-13)17-15(19)12-5-4-10-18(20)11-12/h4-11H,1-3H3,(H,17,19). The summed E-state index contributed by atoms with van der Waals surface area (Å²) in [6, 6.07) is 10.9. The van der Waals surface area contributed by atoms with Gasteiger partial charge in [0.25, 0.3) is 5.91 Å². The van der Waals surface area contributed by atoms with Crippen molar-refractivity contribution >= 4 is 11.6 Å². The van der Waals surface area contributed by atoms with Gasteiger partial charge in [-0.25, -0.2) is 0 Å². The Morgan fingerprint density at radius 1 is 1.15 bits per heavy atom. The molecule has 0 bridgehead atoms. The minimum Gasteiger partial charge on any atom is -0.619 e. The first-order valence-electron chi connectivity index (χ1n) is 6.47. The number of amides is 1. The Balaban J connectivity index is 2.12. The molecule has 0 spiro atoms. The number of benzene rings is 1. The summed E-state index contributed by atoms with van der Waals surface area (Å²) in [7, 11) is 0. The van der Waals surface area contributed by atoms with Crippen LogP contribution in [0.1, 0.15) is 36.7 Å². The highest BCUT2D eigenvalue weighted by molar-refractivity contribution is 6.03. The van der Waals surface area contributed by atoms with Crippen LogP contribution >= 0.6 is 0 Å². The molecule has 0 fully saturated rings. The number of aromatic nitrogens is 1. The van der Waals surface area contributed by atoms with E-state index in [2.05, 4.69) is 26.1 Å². The first kappa shape index (κ1) is 14.1. The lowest BCUT2D eigenvalue weighted by atomic mass is 9.87. The summed E-state index contributed by atoms with van der Waals surface area (Å²) in [5, 5.41) is 13.9. The molecule has 0 aliphatic rings. The van der Waals surface area contributed by atoms with Crippen LogP contribution in [0.2, 0.25) is 0 Å². The van der Waals surface area contributed by atoms with Crippen molar-refractivity contribution in [3.05, 3.63) is 65.1 Å². The van der Waals surface area contributed by atoms with Crippen LogP contribution in [0, 0.1) is 5.21 Å². The normalized spacial score (nSPS) is 11.2. The van der Waals surface area contributed by atoms with E-state index in [4.69, 9.17) is 0 Å². The van der Waals surface area contributed by atoms with Crippen LogP contribution in [0.3, 0.4) is 0 Å². The van der Waals surface area contributed by atoms with E-state index in [9.17, 15) is 10.0 Å². The van der Waals surface area contributed by atoms with E-state index in [0.29, 0.717) is 16.0 Å². The highest BCUT2D eigenvalue weighted by Crippen LogP contribution is 2.23. The van der Waals surface area contributed by atoms with Crippen molar-refractivity contribution in [1.29, 1.82) is 0 Å². The van der Waals surface area contributed by atoms with Crippen LogP contribution in [-0.4, -0.2) is 5.91 Å². The summed E-state index contributed by atoms with van der Waals surface area (Å²) in [4.78, 5) is 12.0. The van der Waals surface area contributed by atoms with Crippen molar-refractivity contribution in [2.24, 2.45) is 0 Å². The number of nitrogens with zero attached hydrogens (tertiary/aromatic N) is 1. The van der Waals surface area contributed by atoms with Crippen molar-refractivity contribution < 1.29 is 9.52 Å². The zero-order valence-corrected chi connectivity index (χ0v) is 11.9. The second-order valence-corrected chi connectivity index (χ2v) is 5.73. The topological polar surface area (TPSA) is 56.0 Å². The molecule has 0 radical (unpaired) electrons. The van der Waals surface area contributed by atoms with Crippen molar-refractivity contribution in [3.8, 4) is 0 Å². The Labute approximate surface area is 118 Å². The number of rotatable bonds is 2. The number of carbonyl (C=O) groups is 1. The third-order valence-electron chi connectivity index (χ3n) is 3.05. The van der Waals surface area contributed by atoms with E-state index in [0.717, 1.165) is 0 Å². The Hall–Kier alpha value is -2.36. The third-order valence-corrected chi connectivity index (χ3v) is 3.05. The highest BCUT2D eigenvalue weighted by atomic mass is 16.5. The lowest BCUT2D eigenvalue weighted by Crippen LogP contribution is -2.27. The summed E-state index contributed by atoms with van der Waals surface area (Å²) in [5.74, 6) is -0.293. The smallest absolute Gasteiger partial charge is 0.261 e. The molecule has 4 nitrogen and oxygen atoms in total. The van der Waals surface area contributed by atoms with Crippen LogP contribution in [-0.2, 0) is 5.41 Å². The van der Waals surface area contributed by atoms with Crippen molar-refractivity contribution in [2.75, 3.05) is 5.32 Å². The highest BCUT2D eigenvalue weighted by Gasteiger charge is 2.14. The molecule has 0 atom stereocenters. The van der Waals surface area contributed by atoms with Gasteiger partial charge in [0.15, 0.2) is 12.4 Å². The number of carbonyl (C=O) groups excluding carboxylic acids is 1. The molecule has 20 heavy (non-hydrogen) atoms. The van der Waals surface area contributed by atoms with Gasteiger partial charge < -0.3 is 10.5 Å². The van der Waals surface area contributed by atoms with Gasteiger partial charge in [-0.3, -0.25) is 4.79 Å². The Kier molecular flexibility index (Phi) is 3.74. The molecule has 1 aromatic carbocycles. The van der Waals surface area contributed by atoms with Crippen LogP contribution in [0.5, 0.6) is 0 Å². The largest absolute Gasteiger partial charge is 0.619 e. The number of nitrogens with one attached hydrogen (secondary N) is 1. The molecule has 1 heterocycles. The lowest BCUT2D eigenvalue weighted by molar-refractivity contribution is -0.605. The Morgan fingerprint density at radius 3 is 2.35 bits per heavy atom. The van der Waals surface area contributed by atoms with Crippen LogP contribution in [0.25, 0.3) is 0 Å². The maximum absolute atomic E-state index is 12.0. The van der Waals surface area contributed by atoms with Gasteiger partial charge in [0.2, 0.25) is 0 Å². The number of anilines is 1. The summed E-state index contributed by atoms with van der Waals surface area (Å²) >= 11 is 0. The quantitative estimate of drug-likeness (QED) is 0.674.